The average molecular weight is 217 g/mol. The van der Waals surface area contributed by atoms with E-state index in [9.17, 15) is 0 Å². The highest BCUT2D eigenvalue weighted by atomic mass is 16.5. The molecule has 1 aliphatic rings. The summed E-state index contributed by atoms with van der Waals surface area (Å²) in [5.41, 5.74) is 6.24. The van der Waals surface area contributed by atoms with Crippen LogP contribution in [0.25, 0.3) is 0 Å². The van der Waals surface area contributed by atoms with Gasteiger partial charge in [-0.2, -0.15) is 0 Å². The van der Waals surface area contributed by atoms with Gasteiger partial charge in [0.25, 0.3) is 0 Å². The number of para-hydroxylation sites is 1. The van der Waals surface area contributed by atoms with Gasteiger partial charge in [0, 0.05) is 6.42 Å². The van der Waals surface area contributed by atoms with E-state index in [1.165, 1.54) is 0 Å². The summed E-state index contributed by atoms with van der Waals surface area (Å²) in [7, 11) is 0. The molecule has 0 saturated carbocycles. The normalized spacial score (nSPS) is 18.9. The third kappa shape index (κ3) is 2.75. The number of benzene rings is 1. The second-order valence-corrected chi connectivity index (χ2v) is 3.61. The first-order chi connectivity index (χ1) is 7.90. The van der Waals surface area contributed by atoms with Crippen LogP contribution in [0.5, 0.6) is 5.75 Å². The van der Waals surface area contributed by atoms with Gasteiger partial charge >= 0.3 is 0 Å². The molecule has 0 bridgehead atoms. The Kier molecular flexibility index (Phi) is 3.81. The second-order valence-electron chi connectivity index (χ2n) is 3.61. The molecule has 16 heavy (non-hydrogen) atoms. The van der Waals surface area contributed by atoms with Gasteiger partial charge in [-0.05, 0) is 12.1 Å². The highest BCUT2D eigenvalue weighted by Gasteiger charge is 2.17. The van der Waals surface area contributed by atoms with E-state index in [4.69, 9.17) is 15.2 Å². The first kappa shape index (κ1) is 11.0. The summed E-state index contributed by atoms with van der Waals surface area (Å²) in [5, 5.41) is 0. The molecular formula is C13H15NO2. The van der Waals surface area contributed by atoms with Gasteiger partial charge in [-0.15, -0.1) is 0 Å². The van der Waals surface area contributed by atoms with Crippen LogP contribution < -0.4 is 10.5 Å². The van der Waals surface area contributed by atoms with Gasteiger partial charge in [-0.3, -0.25) is 0 Å². The number of hydrogen-bond acceptors (Lipinski definition) is 3. The Bertz CT molecular complexity index is 400. The van der Waals surface area contributed by atoms with Gasteiger partial charge in [0.05, 0.1) is 25.3 Å². The van der Waals surface area contributed by atoms with Crippen molar-refractivity contribution in [1.82, 2.24) is 0 Å². The first-order valence-electron chi connectivity index (χ1n) is 5.42. The Morgan fingerprint density at radius 3 is 3.06 bits per heavy atom. The molecule has 1 atom stereocenters. The van der Waals surface area contributed by atoms with Crippen LogP contribution in [0.15, 0.2) is 24.3 Å². The minimum absolute atomic E-state index is 0.154. The fourth-order valence-corrected chi connectivity index (χ4v) is 1.60. The average Bonchev–Trinajstić information content (AvgIpc) is 2.81. The van der Waals surface area contributed by atoms with Crippen LogP contribution in [-0.2, 0) is 4.74 Å². The minimum atomic E-state index is 0.154. The van der Waals surface area contributed by atoms with E-state index in [0.29, 0.717) is 13.2 Å². The first-order valence-corrected chi connectivity index (χ1v) is 5.42. The standard InChI is InChI=1S/C13H15NO2/c14-8-3-5-11-4-1-2-6-13(11)16-12-7-9-15-10-12/h1-2,4,6,12H,7-10,14H2. The predicted molar refractivity (Wildman–Crippen MR) is 62.2 cm³/mol. The van der Waals surface area contributed by atoms with Gasteiger partial charge in [-0.1, -0.05) is 24.0 Å². The molecule has 0 radical (unpaired) electrons. The highest BCUT2D eigenvalue weighted by Crippen LogP contribution is 2.20. The van der Waals surface area contributed by atoms with Gasteiger partial charge in [0.2, 0.25) is 0 Å². The summed E-state index contributed by atoms with van der Waals surface area (Å²) in [6.07, 6.45) is 1.10. The Hall–Kier alpha value is -1.50. The molecule has 2 N–H and O–H groups in total. The van der Waals surface area contributed by atoms with Crippen molar-refractivity contribution in [2.75, 3.05) is 19.8 Å². The molecule has 1 saturated heterocycles. The van der Waals surface area contributed by atoms with Crippen molar-refractivity contribution in [2.24, 2.45) is 5.73 Å². The highest BCUT2D eigenvalue weighted by molar-refractivity contribution is 5.46. The lowest BCUT2D eigenvalue weighted by Gasteiger charge is -2.12. The lowest BCUT2D eigenvalue weighted by molar-refractivity contribution is 0.141. The third-order valence-electron chi connectivity index (χ3n) is 2.39. The Balaban J connectivity index is 2.12. The van der Waals surface area contributed by atoms with Crippen LogP contribution in [-0.4, -0.2) is 25.9 Å². The molecular weight excluding hydrogens is 202 g/mol. The predicted octanol–water partition coefficient (Wildman–Crippen LogP) is 1.16. The fourth-order valence-electron chi connectivity index (χ4n) is 1.60. The molecule has 1 aliphatic heterocycles. The summed E-state index contributed by atoms with van der Waals surface area (Å²) in [6, 6.07) is 7.75. The van der Waals surface area contributed by atoms with Crippen LogP contribution in [0.1, 0.15) is 12.0 Å². The van der Waals surface area contributed by atoms with Crippen molar-refractivity contribution in [2.45, 2.75) is 12.5 Å². The summed E-state index contributed by atoms with van der Waals surface area (Å²) < 4.78 is 11.1. The maximum atomic E-state index is 5.84. The maximum Gasteiger partial charge on any atom is 0.135 e. The molecule has 0 aromatic heterocycles. The van der Waals surface area contributed by atoms with Gasteiger partial charge < -0.3 is 15.2 Å². The maximum absolute atomic E-state index is 5.84. The van der Waals surface area contributed by atoms with Crippen molar-refractivity contribution in [3.8, 4) is 17.6 Å². The second kappa shape index (κ2) is 5.55. The summed E-state index contributed by atoms with van der Waals surface area (Å²) in [6.45, 7) is 1.81. The molecule has 1 aromatic carbocycles. The van der Waals surface area contributed by atoms with E-state index >= 15 is 0 Å². The monoisotopic (exact) mass is 217 g/mol. The molecule has 1 fully saturated rings. The zero-order valence-corrected chi connectivity index (χ0v) is 9.11. The van der Waals surface area contributed by atoms with Crippen molar-refractivity contribution in [1.29, 1.82) is 0 Å². The van der Waals surface area contributed by atoms with Gasteiger partial charge in [0.15, 0.2) is 0 Å². The molecule has 3 nitrogen and oxygen atoms in total. The SMILES string of the molecule is NCC#Cc1ccccc1OC1CCOC1. The zero-order chi connectivity index (χ0) is 11.2. The van der Waals surface area contributed by atoms with E-state index < -0.39 is 0 Å². The smallest absolute Gasteiger partial charge is 0.135 e. The lowest BCUT2D eigenvalue weighted by atomic mass is 10.2. The molecule has 2 rings (SSSR count). The van der Waals surface area contributed by atoms with E-state index in [0.717, 1.165) is 24.3 Å². The largest absolute Gasteiger partial charge is 0.487 e. The summed E-state index contributed by atoms with van der Waals surface area (Å²) in [4.78, 5) is 0. The number of hydrogen-bond donors (Lipinski definition) is 1. The summed E-state index contributed by atoms with van der Waals surface area (Å²) in [5.74, 6) is 6.66. The summed E-state index contributed by atoms with van der Waals surface area (Å²) >= 11 is 0. The molecule has 84 valence electrons. The molecule has 1 aromatic rings. The molecule has 0 amide bonds. The number of rotatable bonds is 2. The van der Waals surface area contributed by atoms with Crippen molar-refractivity contribution in [3.05, 3.63) is 29.8 Å². The van der Waals surface area contributed by atoms with Crippen LogP contribution in [0.2, 0.25) is 0 Å². The number of ether oxygens (including phenoxy) is 2. The zero-order valence-electron chi connectivity index (χ0n) is 9.11. The van der Waals surface area contributed by atoms with Gasteiger partial charge in [-0.25, -0.2) is 0 Å². The van der Waals surface area contributed by atoms with Crippen molar-refractivity contribution in [3.63, 3.8) is 0 Å². The van der Waals surface area contributed by atoms with Crippen LogP contribution in [0.4, 0.5) is 0 Å². The van der Waals surface area contributed by atoms with E-state index in [1.54, 1.807) is 0 Å². The molecule has 1 unspecified atom stereocenters. The van der Waals surface area contributed by atoms with Crippen LogP contribution in [0, 0.1) is 11.8 Å². The van der Waals surface area contributed by atoms with E-state index in [-0.39, 0.29) is 6.10 Å². The quantitative estimate of drug-likeness (QED) is 0.756. The van der Waals surface area contributed by atoms with Gasteiger partial charge in [0.1, 0.15) is 11.9 Å². The molecule has 3 heteroatoms. The van der Waals surface area contributed by atoms with Crippen LogP contribution >= 0.6 is 0 Å². The van der Waals surface area contributed by atoms with Crippen LogP contribution in [0.3, 0.4) is 0 Å². The van der Waals surface area contributed by atoms with E-state index in [2.05, 4.69) is 11.8 Å². The molecule has 1 heterocycles. The molecule has 0 spiro atoms. The minimum Gasteiger partial charge on any atom is -0.487 e. The van der Waals surface area contributed by atoms with Crippen molar-refractivity contribution < 1.29 is 9.47 Å². The lowest BCUT2D eigenvalue weighted by Crippen LogP contribution is -2.16. The Morgan fingerprint density at radius 1 is 1.44 bits per heavy atom. The topological polar surface area (TPSA) is 44.5 Å². The van der Waals surface area contributed by atoms with E-state index in [1.807, 2.05) is 24.3 Å². The Labute approximate surface area is 95.5 Å². The number of nitrogens with two attached hydrogens (primary N) is 1. The fraction of sp³-hybridized carbons (Fsp3) is 0.385. The Morgan fingerprint density at radius 2 is 2.31 bits per heavy atom. The third-order valence-corrected chi connectivity index (χ3v) is 2.39. The molecule has 0 aliphatic carbocycles. The van der Waals surface area contributed by atoms with Crippen molar-refractivity contribution >= 4 is 0 Å².